The topological polar surface area (TPSA) is 58.3 Å². The van der Waals surface area contributed by atoms with Gasteiger partial charge in [0, 0.05) is 37.6 Å². The van der Waals surface area contributed by atoms with Gasteiger partial charge in [0.05, 0.1) is 5.52 Å². The third-order valence-electron chi connectivity index (χ3n) is 3.94. The molecule has 1 aromatic carbocycles. The molecular weight excluding hydrogens is 250 g/mol. The number of hydrogen-bond acceptors (Lipinski definition) is 5. The lowest BCUT2D eigenvalue weighted by Crippen LogP contribution is -2.49. The van der Waals surface area contributed by atoms with Gasteiger partial charge in [-0.05, 0) is 26.0 Å². The highest BCUT2D eigenvalue weighted by Crippen LogP contribution is 2.25. The minimum atomic E-state index is 0.352. The number of piperazine rings is 1. The molecule has 1 aliphatic rings. The second-order valence-corrected chi connectivity index (χ2v) is 5.54. The summed E-state index contributed by atoms with van der Waals surface area (Å²) in [6.07, 6.45) is 0. The Labute approximate surface area is 119 Å². The van der Waals surface area contributed by atoms with E-state index >= 15 is 0 Å². The van der Waals surface area contributed by atoms with Crippen molar-refractivity contribution in [3.63, 3.8) is 0 Å². The van der Waals surface area contributed by atoms with Gasteiger partial charge in [-0.15, -0.1) is 0 Å². The molecule has 5 heteroatoms. The molecule has 5 nitrogen and oxygen atoms in total. The SMILES string of the molecule is CC(C)N1CCN(c2nc(N)nc3ccccc23)CC1. The second-order valence-electron chi connectivity index (χ2n) is 5.54. The van der Waals surface area contributed by atoms with Crippen LogP contribution in [-0.4, -0.2) is 47.1 Å². The molecule has 0 spiro atoms. The molecular formula is C15H21N5. The van der Waals surface area contributed by atoms with E-state index in [1.165, 1.54) is 0 Å². The van der Waals surface area contributed by atoms with Gasteiger partial charge in [-0.25, -0.2) is 4.98 Å². The van der Waals surface area contributed by atoms with Gasteiger partial charge in [0.1, 0.15) is 5.82 Å². The number of rotatable bonds is 2. The van der Waals surface area contributed by atoms with Gasteiger partial charge in [0.2, 0.25) is 5.95 Å². The summed E-state index contributed by atoms with van der Waals surface area (Å²) in [6, 6.07) is 8.66. The van der Waals surface area contributed by atoms with Gasteiger partial charge >= 0.3 is 0 Å². The number of nitrogen functional groups attached to an aromatic ring is 1. The molecule has 2 aromatic rings. The summed E-state index contributed by atoms with van der Waals surface area (Å²) in [5.74, 6) is 1.32. The number of nitrogens with two attached hydrogens (primary N) is 1. The fourth-order valence-electron chi connectivity index (χ4n) is 2.77. The molecule has 0 saturated carbocycles. The van der Waals surface area contributed by atoms with Crippen LogP contribution in [0.3, 0.4) is 0 Å². The number of fused-ring (bicyclic) bond motifs is 1. The molecule has 0 bridgehead atoms. The Morgan fingerprint density at radius 3 is 2.45 bits per heavy atom. The van der Waals surface area contributed by atoms with Crippen molar-refractivity contribution in [1.82, 2.24) is 14.9 Å². The molecule has 0 unspecified atom stereocenters. The molecule has 1 aromatic heterocycles. The van der Waals surface area contributed by atoms with Crippen molar-refractivity contribution in [2.45, 2.75) is 19.9 Å². The van der Waals surface area contributed by atoms with Gasteiger partial charge in [-0.3, -0.25) is 4.90 Å². The van der Waals surface area contributed by atoms with Crippen LogP contribution in [0.2, 0.25) is 0 Å². The van der Waals surface area contributed by atoms with Crippen LogP contribution < -0.4 is 10.6 Å². The van der Waals surface area contributed by atoms with Gasteiger partial charge in [-0.2, -0.15) is 4.98 Å². The van der Waals surface area contributed by atoms with Crippen LogP contribution in [0.25, 0.3) is 10.9 Å². The van der Waals surface area contributed by atoms with E-state index in [1.54, 1.807) is 0 Å². The number of aromatic nitrogens is 2. The zero-order valence-electron chi connectivity index (χ0n) is 12.1. The first-order valence-electron chi connectivity index (χ1n) is 7.16. The summed E-state index contributed by atoms with van der Waals surface area (Å²) < 4.78 is 0. The van der Waals surface area contributed by atoms with Crippen LogP contribution in [0.4, 0.5) is 11.8 Å². The summed E-state index contributed by atoms with van der Waals surface area (Å²) in [6.45, 7) is 8.59. The van der Waals surface area contributed by atoms with Crippen molar-refractivity contribution >= 4 is 22.7 Å². The summed E-state index contributed by atoms with van der Waals surface area (Å²) in [4.78, 5) is 13.6. The Bertz CT molecular complexity index is 602. The van der Waals surface area contributed by atoms with Gasteiger partial charge < -0.3 is 10.6 Å². The Kier molecular flexibility index (Phi) is 3.44. The lowest BCUT2D eigenvalue weighted by molar-refractivity contribution is 0.209. The normalized spacial score (nSPS) is 17.1. The Morgan fingerprint density at radius 1 is 1.05 bits per heavy atom. The highest BCUT2D eigenvalue weighted by Gasteiger charge is 2.21. The third kappa shape index (κ3) is 2.41. The van der Waals surface area contributed by atoms with Crippen LogP contribution in [0.15, 0.2) is 24.3 Å². The first-order valence-corrected chi connectivity index (χ1v) is 7.16. The molecule has 1 fully saturated rings. The van der Waals surface area contributed by atoms with E-state index in [0.29, 0.717) is 12.0 Å². The molecule has 1 aliphatic heterocycles. The fourth-order valence-corrected chi connectivity index (χ4v) is 2.77. The third-order valence-corrected chi connectivity index (χ3v) is 3.94. The van der Waals surface area contributed by atoms with E-state index < -0.39 is 0 Å². The highest BCUT2D eigenvalue weighted by molar-refractivity contribution is 5.90. The maximum absolute atomic E-state index is 5.85. The van der Waals surface area contributed by atoms with Crippen molar-refractivity contribution in [2.75, 3.05) is 36.8 Å². The molecule has 1 saturated heterocycles. The smallest absolute Gasteiger partial charge is 0.222 e. The average Bonchev–Trinajstić information content (AvgIpc) is 2.46. The van der Waals surface area contributed by atoms with Gasteiger partial charge in [0.25, 0.3) is 0 Å². The molecule has 3 rings (SSSR count). The fraction of sp³-hybridized carbons (Fsp3) is 0.467. The van der Waals surface area contributed by atoms with E-state index in [1.807, 2.05) is 18.2 Å². The first-order chi connectivity index (χ1) is 9.65. The highest BCUT2D eigenvalue weighted by atomic mass is 15.3. The predicted molar refractivity (Wildman–Crippen MR) is 82.9 cm³/mol. The van der Waals surface area contributed by atoms with Crippen LogP contribution in [0.1, 0.15) is 13.8 Å². The number of nitrogens with zero attached hydrogens (tertiary/aromatic N) is 4. The Balaban J connectivity index is 1.91. The summed E-state index contributed by atoms with van der Waals surface area (Å²) in [5, 5.41) is 1.08. The predicted octanol–water partition coefficient (Wildman–Crippen LogP) is 1.74. The lowest BCUT2D eigenvalue weighted by Gasteiger charge is -2.37. The molecule has 0 atom stereocenters. The summed E-state index contributed by atoms with van der Waals surface area (Å²) in [7, 11) is 0. The molecule has 2 N–H and O–H groups in total. The maximum atomic E-state index is 5.85. The quantitative estimate of drug-likeness (QED) is 0.901. The molecule has 2 heterocycles. The van der Waals surface area contributed by atoms with Crippen molar-refractivity contribution in [2.24, 2.45) is 0 Å². The van der Waals surface area contributed by atoms with Crippen LogP contribution >= 0.6 is 0 Å². The minimum absolute atomic E-state index is 0.352. The van der Waals surface area contributed by atoms with Crippen LogP contribution in [-0.2, 0) is 0 Å². The van der Waals surface area contributed by atoms with E-state index in [9.17, 15) is 0 Å². The van der Waals surface area contributed by atoms with Crippen LogP contribution in [0.5, 0.6) is 0 Å². The van der Waals surface area contributed by atoms with E-state index in [0.717, 1.165) is 42.9 Å². The van der Waals surface area contributed by atoms with E-state index in [-0.39, 0.29) is 0 Å². The molecule has 0 aliphatic carbocycles. The first kappa shape index (κ1) is 13.1. The second kappa shape index (κ2) is 5.25. The number of para-hydroxylation sites is 1. The van der Waals surface area contributed by atoms with Crippen molar-refractivity contribution in [3.8, 4) is 0 Å². The van der Waals surface area contributed by atoms with Crippen molar-refractivity contribution in [3.05, 3.63) is 24.3 Å². The zero-order chi connectivity index (χ0) is 14.1. The minimum Gasteiger partial charge on any atom is -0.368 e. The number of anilines is 2. The standard InChI is InChI=1S/C15H21N5/c1-11(2)19-7-9-20(10-8-19)14-12-5-3-4-6-13(12)17-15(16)18-14/h3-6,11H,7-10H2,1-2H3,(H2,16,17,18). The van der Waals surface area contributed by atoms with Crippen molar-refractivity contribution in [1.29, 1.82) is 0 Å². The van der Waals surface area contributed by atoms with Gasteiger partial charge in [-0.1, -0.05) is 12.1 Å². The molecule has 0 radical (unpaired) electrons. The molecule has 20 heavy (non-hydrogen) atoms. The van der Waals surface area contributed by atoms with E-state index in [4.69, 9.17) is 5.73 Å². The molecule has 106 valence electrons. The monoisotopic (exact) mass is 271 g/mol. The van der Waals surface area contributed by atoms with E-state index in [2.05, 4.69) is 39.7 Å². The van der Waals surface area contributed by atoms with Gasteiger partial charge in [0.15, 0.2) is 0 Å². The number of hydrogen-bond donors (Lipinski definition) is 1. The van der Waals surface area contributed by atoms with Crippen LogP contribution in [0, 0.1) is 0 Å². The maximum Gasteiger partial charge on any atom is 0.222 e. The average molecular weight is 271 g/mol. The Morgan fingerprint density at radius 2 is 1.75 bits per heavy atom. The van der Waals surface area contributed by atoms with Crippen molar-refractivity contribution < 1.29 is 0 Å². The Hall–Kier alpha value is -1.88. The summed E-state index contributed by atoms with van der Waals surface area (Å²) in [5.41, 5.74) is 6.77. The zero-order valence-corrected chi connectivity index (χ0v) is 12.1. The largest absolute Gasteiger partial charge is 0.368 e. The molecule has 0 amide bonds. The summed E-state index contributed by atoms with van der Waals surface area (Å²) >= 11 is 0. The lowest BCUT2D eigenvalue weighted by atomic mass is 10.2. The number of benzene rings is 1.